The van der Waals surface area contributed by atoms with Gasteiger partial charge in [-0.3, -0.25) is 9.69 Å². The van der Waals surface area contributed by atoms with Crippen molar-refractivity contribution in [3.63, 3.8) is 0 Å². The fourth-order valence-corrected chi connectivity index (χ4v) is 2.38. The Morgan fingerprint density at radius 3 is 2.86 bits per heavy atom. The van der Waals surface area contributed by atoms with Crippen molar-refractivity contribution >= 4 is 11.7 Å². The van der Waals surface area contributed by atoms with Crippen LogP contribution >= 0.6 is 0 Å². The molecule has 1 fully saturated rings. The van der Waals surface area contributed by atoms with Crippen molar-refractivity contribution in [3.05, 3.63) is 23.9 Å². The van der Waals surface area contributed by atoms with Crippen LogP contribution in [0.5, 0.6) is 0 Å². The lowest BCUT2D eigenvalue weighted by atomic mass is 10.2. The Hall–Kier alpha value is -1.62. The maximum absolute atomic E-state index is 12.1. The lowest BCUT2D eigenvalue weighted by molar-refractivity contribution is 0.0948. The minimum atomic E-state index is -0.0243. The maximum atomic E-state index is 12.1. The van der Waals surface area contributed by atoms with Gasteiger partial charge >= 0.3 is 0 Å². The highest BCUT2D eigenvalue weighted by atomic mass is 16.1. The summed E-state index contributed by atoms with van der Waals surface area (Å²) < 4.78 is 0. The van der Waals surface area contributed by atoms with Gasteiger partial charge in [0.15, 0.2) is 0 Å². The standard InChI is InChI=1S/C16H26N4O/c1-3-8-17-15-12-13(7-9-18-15)16(21)19-10-11-20(4-2)14-5-6-14/h7,9,12,14H,3-6,8,10-11H2,1-2H3,(H,17,18)(H,19,21). The van der Waals surface area contributed by atoms with E-state index in [1.807, 2.05) is 6.07 Å². The Morgan fingerprint density at radius 2 is 2.19 bits per heavy atom. The van der Waals surface area contributed by atoms with E-state index in [1.54, 1.807) is 12.3 Å². The fraction of sp³-hybridized carbons (Fsp3) is 0.625. The number of nitrogens with one attached hydrogen (secondary N) is 2. The van der Waals surface area contributed by atoms with E-state index < -0.39 is 0 Å². The summed E-state index contributed by atoms with van der Waals surface area (Å²) in [5, 5.41) is 6.19. The van der Waals surface area contributed by atoms with Crippen molar-refractivity contribution in [2.45, 2.75) is 39.2 Å². The first-order valence-corrected chi connectivity index (χ1v) is 7.96. The lowest BCUT2D eigenvalue weighted by Crippen LogP contribution is -2.36. The van der Waals surface area contributed by atoms with E-state index in [4.69, 9.17) is 0 Å². The number of rotatable bonds is 9. The number of carbonyl (C=O) groups excluding carboxylic acids is 1. The van der Waals surface area contributed by atoms with Gasteiger partial charge < -0.3 is 10.6 Å². The molecule has 5 heteroatoms. The third-order valence-electron chi connectivity index (χ3n) is 3.73. The molecule has 0 unspecified atom stereocenters. The van der Waals surface area contributed by atoms with Gasteiger partial charge in [-0.05, 0) is 37.9 Å². The number of hydrogen-bond acceptors (Lipinski definition) is 4. The van der Waals surface area contributed by atoms with Crippen molar-refractivity contribution in [2.24, 2.45) is 0 Å². The van der Waals surface area contributed by atoms with E-state index in [2.05, 4.69) is 34.4 Å². The molecule has 21 heavy (non-hydrogen) atoms. The zero-order valence-electron chi connectivity index (χ0n) is 13.1. The Labute approximate surface area is 127 Å². The molecule has 0 bridgehead atoms. The molecule has 1 saturated carbocycles. The molecule has 0 radical (unpaired) electrons. The normalized spacial score (nSPS) is 14.2. The van der Waals surface area contributed by atoms with Crippen molar-refractivity contribution < 1.29 is 4.79 Å². The van der Waals surface area contributed by atoms with Gasteiger partial charge in [0.2, 0.25) is 0 Å². The second-order valence-corrected chi connectivity index (χ2v) is 5.47. The first kappa shape index (κ1) is 15.8. The predicted molar refractivity (Wildman–Crippen MR) is 85.6 cm³/mol. The zero-order valence-corrected chi connectivity index (χ0v) is 13.1. The number of likely N-dealkylation sites (N-methyl/N-ethyl adjacent to an activating group) is 1. The summed E-state index contributed by atoms with van der Waals surface area (Å²) in [7, 11) is 0. The van der Waals surface area contributed by atoms with Gasteiger partial charge in [-0.2, -0.15) is 0 Å². The molecule has 1 aromatic heterocycles. The van der Waals surface area contributed by atoms with Crippen LogP contribution in [0.4, 0.5) is 5.82 Å². The molecule has 1 amide bonds. The molecule has 2 N–H and O–H groups in total. The molecule has 116 valence electrons. The van der Waals surface area contributed by atoms with Crippen LogP contribution in [-0.4, -0.2) is 48.0 Å². The van der Waals surface area contributed by atoms with Crippen LogP contribution in [0.25, 0.3) is 0 Å². The molecule has 1 aliphatic carbocycles. The third-order valence-corrected chi connectivity index (χ3v) is 3.73. The fourth-order valence-electron chi connectivity index (χ4n) is 2.38. The van der Waals surface area contributed by atoms with E-state index in [-0.39, 0.29) is 5.91 Å². The van der Waals surface area contributed by atoms with Crippen molar-refractivity contribution in [1.29, 1.82) is 0 Å². The summed E-state index contributed by atoms with van der Waals surface area (Å²) in [6.07, 6.45) is 5.32. The van der Waals surface area contributed by atoms with Crippen LogP contribution in [-0.2, 0) is 0 Å². The molecular formula is C16H26N4O. The van der Waals surface area contributed by atoms with Gasteiger partial charge in [0.25, 0.3) is 5.91 Å². The second-order valence-electron chi connectivity index (χ2n) is 5.47. The molecule has 0 aliphatic heterocycles. The van der Waals surface area contributed by atoms with Gasteiger partial charge in [0.05, 0.1) is 0 Å². The first-order chi connectivity index (χ1) is 10.2. The molecule has 2 rings (SSSR count). The van der Waals surface area contributed by atoms with Crippen molar-refractivity contribution in [3.8, 4) is 0 Å². The molecule has 1 aliphatic rings. The number of pyridine rings is 1. The van der Waals surface area contributed by atoms with Crippen LogP contribution < -0.4 is 10.6 Å². The Kier molecular flexibility index (Phi) is 5.99. The van der Waals surface area contributed by atoms with Crippen LogP contribution in [0, 0.1) is 0 Å². The zero-order chi connectivity index (χ0) is 15.1. The highest BCUT2D eigenvalue weighted by Gasteiger charge is 2.27. The number of hydrogen-bond donors (Lipinski definition) is 2. The van der Waals surface area contributed by atoms with Gasteiger partial charge in [-0.1, -0.05) is 13.8 Å². The monoisotopic (exact) mass is 290 g/mol. The van der Waals surface area contributed by atoms with E-state index in [1.165, 1.54) is 12.8 Å². The van der Waals surface area contributed by atoms with Gasteiger partial charge in [0, 0.05) is 37.4 Å². The molecule has 0 saturated heterocycles. The van der Waals surface area contributed by atoms with Crippen LogP contribution in [0.2, 0.25) is 0 Å². The third kappa shape index (κ3) is 5.01. The average Bonchev–Trinajstić information content (AvgIpc) is 3.34. The number of anilines is 1. The van der Waals surface area contributed by atoms with Crippen LogP contribution in [0.15, 0.2) is 18.3 Å². The molecular weight excluding hydrogens is 264 g/mol. The predicted octanol–water partition coefficient (Wildman–Crippen LogP) is 2.12. The lowest BCUT2D eigenvalue weighted by Gasteiger charge is -2.19. The van der Waals surface area contributed by atoms with Crippen molar-refractivity contribution in [1.82, 2.24) is 15.2 Å². The SMILES string of the molecule is CCCNc1cc(C(=O)NCCN(CC)C2CC2)ccn1. The summed E-state index contributed by atoms with van der Waals surface area (Å²) in [5.41, 5.74) is 0.665. The summed E-state index contributed by atoms with van der Waals surface area (Å²) in [6, 6.07) is 4.31. The molecule has 0 atom stereocenters. The number of amides is 1. The van der Waals surface area contributed by atoms with Crippen LogP contribution in [0.1, 0.15) is 43.5 Å². The van der Waals surface area contributed by atoms with Gasteiger partial charge in [-0.25, -0.2) is 4.98 Å². The second kappa shape index (κ2) is 7.98. The van der Waals surface area contributed by atoms with E-state index in [9.17, 15) is 4.79 Å². The molecule has 5 nitrogen and oxygen atoms in total. The van der Waals surface area contributed by atoms with E-state index in [0.29, 0.717) is 12.1 Å². The molecule has 1 heterocycles. The minimum Gasteiger partial charge on any atom is -0.370 e. The highest BCUT2D eigenvalue weighted by Crippen LogP contribution is 2.25. The summed E-state index contributed by atoms with van der Waals surface area (Å²) in [6.45, 7) is 7.82. The largest absolute Gasteiger partial charge is 0.370 e. The average molecular weight is 290 g/mol. The van der Waals surface area contributed by atoms with Crippen molar-refractivity contribution in [2.75, 3.05) is 31.5 Å². The Balaban J connectivity index is 1.79. The summed E-state index contributed by atoms with van der Waals surface area (Å²) >= 11 is 0. The Morgan fingerprint density at radius 1 is 1.38 bits per heavy atom. The Bertz CT molecular complexity index is 459. The van der Waals surface area contributed by atoms with Crippen LogP contribution in [0.3, 0.4) is 0 Å². The molecule has 0 spiro atoms. The first-order valence-electron chi connectivity index (χ1n) is 7.96. The van der Waals surface area contributed by atoms with Gasteiger partial charge in [-0.15, -0.1) is 0 Å². The molecule has 0 aromatic carbocycles. The summed E-state index contributed by atoms with van der Waals surface area (Å²) in [5.74, 6) is 0.737. The van der Waals surface area contributed by atoms with Gasteiger partial charge in [0.1, 0.15) is 5.82 Å². The quantitative estimate of drug-likeness (QED) is 0.731. The topological polar surface area (TPSA) is 57.3 Å². The maximum Gasteiger partial charge on any atom is 0.251 e. The number of carbonyl (C=O) groups is 1. The van der Waals surface area contributed by atoms with E-state index >= 15 is 0 Å². The number of aromatic nitrogens is 1. The van der Waals surface area contributed by atoms with E-state index in [0.717, 1.165) is 37.9 Å². The molecule has 1 aromatic rings. The number of nitrogens with zero attached hydrogens (tertiary/aromatic N) is 2. The smallest absolute Gasteiger partial charge is 0.251 e. The minimum absolute atomic E-state index is 0.0243. The highest BCUT2D eigenvalue weighted by molar-refractivity contribution is 5.94. The summed E-state index contributed by atoms with van der Waals surface area (Å²) in [4.78, 5) is 18.8.